The second kappa shape index (κ2) is 8.61. The molecule has 4 aromatic rings. The van der Waals surface area contributed by atoms with Crippen molar-refractivity contribution in [2.24, 2.45) is 0 Å². The largest absolute Gasteiger partial charge is 0.454 e. The highest BCUT2D eigenvalue weighted by Gasteiger charge is 2.30. The van der Waals surface area contributed by atoms with Gasteiger partial charge in [0.15, 0.2) is 11.5 Å². The SMILES string of the molecule is N#Cc1ccc2nnn(C(=O)N3CCC(N(c4cccnc4)c4ccc5c(c4)OCO5)CC3)c2c1. The van der Waals surface area contributed by atoms with E-state index in [1.54, 1.807) is 29.3 Å². The third kappa shape index (κ3) is 3.77. The molecular weight excluding hydrogens is 446 g/mol. The van der Waals surface area contributed by atoms with Gasteiger partial charge >= 0.3 is 6.03 Å². The van der Waals surface area contributed by atoms with Gasteiger partial charge in [0.05, 0.1) is 23.5 Å². The van der Waals surface area contributed by atoms with E-state index < -0.39 is 0 Å². The number of nitriles is 1. The predicted molar refractivity (Wildman–Crippen MR) is 127 cm³/mol. The Morgan fingerprint density at radius 1 is 1.06 bits per heavy atom. The first-order valence-corrected chi connectivity index (χ1v) is 11.3. The molecule has 1 saturated heterocycles. The van der Waals surface area contributed by atoms with Crippen LogP contribution in [0, 0.1) is 11.3 Å². The predicted octanol–water partition coefficient (Wildman–Crippen LogP) is 3.70. The summed E-state index contributed by atoms with van der Waals surface area (Å²) >= 11 is 0. The van der Waals surface area contributed by atoms with Crippen molar-refractivity contribution in [1.82, 2.24) is 24.9 Å². The average Bonchev–Trinajstić information content (AvgIpc) is 3.56. The Kier molecular flexibility index (Phi) is 5.15. The summed E-state index contributed by atoms with van der Waals surface area (Å²) in [6.07, 6.45) is 5.11. The van der Waals surface area contributed by atoms with Gasteiger partial charge in [0.1, 0.15) is 11.0 Å². The van der Waals surface area contributed by atoms with Crippen molar-refractivity contribution < 1.29 is 14.3 Å². The van der Waals surface area contributed by atoms with Crippen molar-refractivity contribution in [2.75, 3.05) is 24.8 Å². The van der Waals surface area contributed by atoms with Crippen LogP contribution >= 0.6 is 0 Å². The quantitative estimate of drug-likeness (QED) is 0.449. The topological polar surface area (TPSA) is 109 Å². The first kappa shape index (κ1) is 20.9. The molecule has 2 aromatic heterocycles. The van der Waals surface area contributed by atoms with Gasteiger partial charge in [-0.2, -0.15) is 9.94 Å². The smallest absolute Gasteiger partial charge is 0.346 e. The summed E-state index contributed by atoms with van der Waals surface area (Å²) in [6.45, 7) is 1.34. The van der Waals surface area contributed by atoms with Crippen LogP contribution in [-0.2, 0) is 0 Å². The van der Waals surface area contributed by atoms with Crippen molar-refractivity contribution in [2.45, 2.75) is 18.9 Å². The minimum absolute atomic E-state index is 0.154. The highest BCUT2D eigenvalue weighted by atomic mass is 16.7. The molecule has 0 atom stereocenters. The zero-order valence-corrected chi connectivity index (χ0v) is 18.7. The number of pyridine rings is 1. The van der Waals surface area contributed by atoms with E-state index in [9.17, 15) is 10.1 Å². The van der Waals surface area contributed by atoms with Crippen molar-refractivity contribution in [3.63, 3.8) is 0 Å². The van der Waals surface area contributed by atoms with Gasteiger partial charge in [-0.3, -0.25) is 4.98 Å². The maximum Gasteiger partial charge on any atom is 0.346 e. The molecule has 0 bridgehead atoms. The monoisotopic (exact) mass is 467 g/mol. The number of fused-ring (bicyclic) bond motifs is 2. The molecule has 2 aliphatic heterocycles. The number of aromatic nitrogens is 4. The third-order valence-corrected chi connectivity index (χ3v) is 6.41. The molecule has 4 heterocycles. The van der Waals surface area contributed by atoms with Crippen molar-refractivity contribution in [3.05, 3.63) is 66.5 Å². The van der Waals surface area contributed by atoms with Gasteiger partial charge in [-0.05, 0) is 55.3 Å². The zero-order valence-electron chi connectivity index (χ0n) is 18.7. The Morgan fingerprint density at radius 3 is 2.71 bits per heavy atom. The molecule has 0 radical (unpaired) electrons. The van der Waals surface area contributed by atoms with Crippen LogP contribution in [0.25, 0.3) is 11.0 Å². The Hall–Kier alpha value is -4.65. The van der Waals surface area contributed by atoms with E-state index in [0.717, 1.165) is 35.7 Å². The molecule has 1 fully saturated rings. The van der Waals surface area contributed by atoms with Crippen LogP contribution in [0.3, 0.4) is 0 Å². The third-order valence-electron chi connectivity index (χ3n) is 6.41. The summed E-state index contributed by atoms with van der Waals surface area (Å²) in [7, 11) is 0. The van der Waals surface area contributed by atoms with E-state index in [2.05, 4.69) is 26.3 Å². The minimum atomic E-state index is -0.239. The van der Waals surface area contributed by atoms with E-state index in [1.807, 2.05) is 36.5 Å². The fraction of sp³-hybridized carbons (Fsp3) is 0.240. The van der Waals surface area contributed by atoms with Gasteiger partial charge in [-0.25, -0.2) is 4.79 Å². The second-order valence-electron chi connectivity index (χ2n) is 8.44. The number of ether oxygens (including phenoxy) is 2. The molecule has 35 heavy (non-hydrogen) atoms. The summed E-state index contributed by atoms with van der Waals surface area (Å²) in [5.41, 5.74) is 3.54. The van der Waals surface area contributed by atoms with E-state index in [0.29, 0.717) is 29.7 Å². The Labute approximate surface area is 200 Å². The number of nitrogens with zero attached hydrogens (tertiary/aromatic N) is 7. The van der Waals surface area contributed by atoms with Gasteiger partial charge in [0.2, 0.25) is 6.79 Å². The molecule has 2 aliphatic rings. The number of piperidine rings is 1. The fourth-order valence-corrected chi connectivity index (χ4v) is 4.68. The van der Waals surface area contributed by atoms with Crippen molar-refractivity contribution >= 4 is 28.4 Å². The number of amides is 1. The molecule has 0 unspecified atom stereocenters. The van der Waals surface area contributed by atoms with Crippen molar-refractivity contribution in [3.8, 4) is 17.6 Å². The van der Waals surface area contributed by atoms with Crippen LogP contribution in [-0.4, -0.2) is 56.8 Å². The normalized spacial score (nSPS) is 15.2. The summed E-state index contributed by atoms with van der Waals surface area (Å²) in [6, 6.07) is 16.9. The maximum atomic E-state index is 13.3. The lowest BCUT2D eigenvalue weighted by Crippen LogP contribution is -2.47. The number of hydrogen-bond donors (Lipinski definition) is 0. The lowest BCUT2D eigenvalue weighted by molar-refractivity contribution is 0.174. The maximum absolute atomic E-state index is 13.3. The van der Waals surface area contributed by atoms with Gasteiger partial charge in [0, 0.05) is 37.1 Å². The van der Waals surface area contributed by atoms with Crippen LogP contribution < -0.4 is 14.4 Å². The molecule has 2 aromatic carbocycles. The highest BCUT2D eigenvalue weighted by Crippen LogP contribution is 2.39. The molecule has 6 rings (SSSR count). The van der Waals surface area contributed by atoms with Gasteiger partial charge in [0.25, 0.3) is 0 Å². The van der Waals surface area contributed by atoms with E-state index in [4.69, 9.17) is 9.47 Å². The number of benzene rings is 2. The number of rotatable bonds is 3. The number of carbonyl (C=O) groups is 1. The summed E-state index contributed by atoms with van der Waals surface area (Å²) in [5.74, 6) is 1.46. The molecule has 10 nitrogen and oxygen atoms in total. The fourth-order valence-electron chi connectivity index (χ4n) is 4.68. The lowest BCUT2D eigenvalue weighted by Gasteiger charge is -2.39. The molecule has 10 heteroatoms. The van der Waals surface area contributed by atoms with Crippen LogP contribution in [0.1, 0.15) is 18.4 Å². The number of likely N-dealkylation sites (tertiary alicyclic amines) is 1. The van der Waals surface area contributed by atoms with Crippen LogP contribution in [0.4, 0.5) is 16.2 Å². The average molecular weight is 467 g/mol. The van der Waals surface area contributed by atoms with Crippen molar-refractivity contribution in [1.29, 1.82) is 5.26 Å². The first-order chi connectivity index (χ1) is 17.2. The highest BCUT2D eigenvalue weighted by molar-refractivity contribution is 5.88. The van der Waals surface area contributed by atoms with E-state index in [1.165, 1.54) is 4.68 Å². The molecule has 0 N–H and O–H groups in total. The van der Waals surface area contributed by atoms with Crippen LogP contribution in [0.15, 0.2) is 60.9 Å². The summed E-state index contributed by atoms with van der Waals surface area (Å²) in [4.78, 5) is 21.6. The van der Waals surface area contributed by atoms with Crippen LogP contribution in [0.5, 0.6) is 11.5 Å². The number of hydrogen-bond acceptors (Lipinski definition) is 8. The molecule has 0 saturated carbocycles. The molecular formula is C25H21N7O3. The zero-order chi connectivity index (χ0) is 23.8. The van der Waals surface area contributed by atoms with Gasteiger partial charge in [-0.1, -0.05) is 5.21 Å². The van der Waals surface area contributed by atoms with Gasteiger partial charge in [-0.15, -0.1) is 5.10 Å². The van der Waals surface area contributed by atoms with E-state index >= 15 is 0 Å². The Balaban J connectivity index is 1.24. The molecule has 0 aliphatic carbocycles. The molecule has 1 amide bonds. The summed E-state index contributed by atoms with van der Waals surface area (Å²) < 4.78 is 12.4. The van der Waals surface area contributed by atoms with Crippen LogP contribution in [0.2, 0.25) is 0 Å². The standard InChI is InChI=1S/C25H21N7O3/c26-14-17-3-5-21-22(12-17)32(29-28-21)25(33)30-10-7-18(8-11-30)31(20-2-1-9-27-15-20)19-4-6-23-24(13-19)35-16-34-23/h1-6,9,12-13,15,18H,7-8,10-11,16H2. The second-order valence-corrected chi connectivity index (χ2v) is 8.44. The minimum Gasteiger partial charge on any atom is -0.454 e. The lowest BCUT2D eigenvalue weighted by atomic mass is 10.0. The summed E-state index contributed by atoms with van der Waals surface area (Å²) in [5, 5.41) is 17.3. The Morgan fingerprint density at radius 2 is 1.91 bits per heavy atom. The van der Waals surface area contributed by atoms with Gasteiger partial charge < -0.3 is 19.3 Å². The molecule has 0 spiro atoms. The first-order valence-electron chi connectivity index (χ1n) is 11.3. The van der Waals surface area contributed by atoms with E-state index in [-0.39, 0.29) is 18.9 Å². The Bertz CT molecular complexity index is 1440. The molecule has 174 valence electrons. The number of anilines is 2. The number of carbonyl (C=O) groups excluding carboxylic acids is 1.